The van der Waals surface area contributed by atoms with Gasteiger partial charge in [0.05, 0.1) is 0 Å². The molecule has 0 spiro atoms. The highest BCUT2D eigenvalue weighted by atomic mass is 16.4. The first-order valence-electron chi connectivity index (χ1n) is 7.63. The molecule has 0 amide bonds. The smallest absolute Gasteiger partial charge is 0.170 e. The summed E-state index contributed by atoms with van der Waals surface area (Å²) in [6.45, 7) is 6.28. The summed E-state index contributed by atoms with van der Waals surface area (Å²) in [6, 6.07) is 4.40. The van der Waals surface area contributed by atoms with Gasteiger partial charge in [0.1, 0.15) is 5.82 Å². The number of nitrogens with two attached hydrogens (primary N) is 1. The summed E-state index contributed by atoms with van der Waals surface area (Å²) < 4.78 is 0. The van der Waals surface area contributed by atoms with Crippen LogP contribution >= 0.6 is 0 Å². The molecule has 3 rings (SSSR count). The second kappa shape index (κ2) is 5.89. The summed E-state index contributed by atoms with van der Waals surface area (Å²) in [7, 11) is 0. The fraction of sp³-hybridized carbons (Fsp3) is 0.600. The largest absolute Gasteiger partial charge is 0.409 e. The van der Waals surface area contributed by atoms with Crippen LogP contribution in [0.1, 0.15) is 30.5 Å². The van der Waals surface area contributed by atoms with Crippen molar-refractivity contribution in [1.29, 1.82) is 0 Å². The van der Waals surface area contributed by atoms with E-state index >= 15 is 0 Å². The molecule has 0 aromatic carbocycles. The van der Waals surface area contributed by atoms with Gasteiger partial charge < -0.3 is 15.8 Å². The number of piperazine rings is 1. The molecular formula is C15H23N5O. The number of rotatable bonds is 2. The van der Waals surface area contributed by atoms with Gasteiger partial charge in [-0.1, -0.05) is 11.6 Å². The van der Waals surface area contributed by atoms with Gasteiger partial charge in [-0.15, -0.1) is 0 Å². The molecule has 2 fully saturated rings. The van der Waals surface area contributed by atoms with Gasteiger partial charge in [-0.3, -0.25) is 4.90 Å². The minimum atomic E-state index is 0.137. The van der Waals surface area contributed by atoms with Crippen molar-refractivity contribution in [3.63, 3.8) is 0 Å². The Bertz CT molecular complexity index is 545. The molecule has 1 unspecified atom stereocenters. The number of aryl methyl sites for hydroxylation is 1. The van der Waals surface area contributed by atoms with E-state index in [0.717, 1.165) is 36.7 Å². The minimum Gasteiger partial charge on any atom is -0.409 e. The van der Waals surface area contributed by atoms with Crippen molar-refractivity contribution >= 4 is 11.7 Å². The van der Waals surface area contributed by atoms with Crippen LogP contribution in [0.15, 0.2) is 17.3 Å². The lowest BCUT2D eigenvalue weighted by Gasteiger charge is -2.44. The lowest BCUT2D eigenvalue weighted by atomic mass is 9.99. The normalized spacial score (nSPS) is 24.0. The van der Waals surface area contributed by atoms with Crippen molar-refractivity contribution in [2.45, 2.75) is 32.2 Å². The molecule has 1 atom stereocenters. The molecule has 3 heterocycles. The number of aromatic nitrogens is 1. The Morgan fingerprint density at radius 1 is 1.33 bits per heavy atom. The van der Waals surface area contributed by atoms with E-state index in [1.165, 1.54) is 25.8 Å². The third-order valence-corrected chi connectivity index (χ3v) is 4.50. The second-order valence-corrected chi connectivity index (χ2v) is 5.97. The van der Waals surface area contributed by atoms with E-state index in [1.54, 1.807) is 0 Å². The zero-order valence-electron chi connectivity index (χ0n) is 12.5. The summed E-state index contributed by atoms with van der Waals surface area (Å²) in [6.07, 6.45) is 3.92. The fourth-order valence-corrected chi connectivity index (χ4v) is 3.38. The predicted molar refractivity (Wildman–Crippen MR) is 82.9 cm³/mol. The van der Waals surface area contributed by atoms with Crippen LogP contribution in [0.25, 0.3) is 0 Å². The quantitative estimate of drug-likeness (QED) is 0.370. The van der Waals surface area contributed by atoms with Crippen molar-refractivity contribution in [3.8, 4) is 0 Å². The van der Waals surface area contributed by atoms with Gasteiger partial charge in [0, 0.05) is 36.9 Å². The van der Waals surface area contributed by atoms with Crippen LogP contribution in [-0.2, 0) is 0 Å². The maximum atomic E-state index is 8.86. The molecule has 3 N–H and O–H groups in total. The van der Waals surface area contributed by atoms with Crippen molar-refractivity contribution in [1.82, 2.24) is 9.88 Å². The van der Waals surface area contributed by atoms with Crippen molar-refractivity contribution in [3.05, 3.63) is 23.4 Å². The number of oxime groups is 1. The van der Waals surface area contributed by atoms with E-state index in [2.05, 4.69) is 19.9 Å². The third-order valence-electron chi connectivity index (χ3n) is 4.50. The van der Waals surface area contributed by atoms with Crippen LogP contribution in [0.5, 0.6) is 0 Å². The molecule has 2 aliphatic rings. The first-order valence-corrected chi connectivity index (χ1v) is 7.63. The number of piperidine rings is 1. The van der Waals surface area contributed by atoms with Crippen LogP contribution in [0.3, 0.4) is 0 Å². The molecule has 2 saturated heterocycles. The first kappa shape index (κ1) is 14.1. The van der Waals surface area contributed by atoms with E-state index < -0.39 is 0 Å². The Morgan fingerprint density at radius 3 is 3.00 bits per heavy atom. The van der Waals surface area contributed by atoms with Crippen LogP contribution in [0.4, 0.5) is 5.82 Å². The molecular weight excluding hydrogens is 266 g/mol. The van der Waals surface area contributed by atoms with Gasteiger partial charge in [-0.05, 0) is 38.4 Å². The molecule has 6 nitrogen and oxygen atoms in total. The van der Waals surface area contributed by atoms with Gasteiger partial charge >= 0.3 is 0 Å². The van der Waals surface area contributed by atoms with E-state index in [1.807, 2.05) is 19.1 Å². The number of pyridine rings is 1. The monoisotopic (exact) mass is 289 g/mol. The molecule has 1 aromatic rings. The second-order valence-electron chi connectivity index (χ2n) is 5.97. The van der Waals surface area contributed by atoms with E-state index in [-0.39, 0.29) is 5.84 Å². The molecule has 114 valence electrons. The molecule has 0 bridgehead atoms. The van der Waals surface area contributed by atoms with E-state index in [4.69, 9.17) is 10.9 Å². The highest BCUT2D eigenvalue weighted by molar-refractivity contribution is 5.97. The summed E-state index contributed by atoms with van der Waals surface area (Å²) in [5.74, 6) is 1.07. The summed E-state index contributed by atoms with van der Waals surface area (Å²) in [5.41, 5.74) is 7.33. The standard InChI is InChI=1S/C15H23N5O/c1-11-8-12(15(16)18-21)9-14(17-11)20-7-6-19-5-3-2-4-13(19)10-20/h8-9,13,21H,2-7,10H2,1H3,(H2,16,18). The van der Waals surface area contributed by atoms with E-state index in [0.29, 0.717) is 6.04 Å². The average molecular weight is 289 g/mol. The SMILES string of the molecule is Cc1cc(/C(N)=N/O)cc(N2CCN3CCCCC3C2)n1. The average Bonchev–Trinajstić information content (AvgIpc) is 2.53. The number of anilines is 1. The molecule has 1 aromatic heterocycles. The molecule has 6 heteroatoms. The van der Waals surface area contributed by atoms with Gasteiger partial charge in [-0.2, -0.15) is 0 Å². The first-order chi connectivity index (χ1) is 10.2. The van der Waals surface area contributed by atoms with Crippen molar-refractivity contribution in [2.24, 2.45) is 10.9 Å². The summed E-state index contributed by atoms with van der Waals surface area (Å²) in [4.78, 5) is 9.55. The lowest BCUT2D eigenvalue weighted by Crippen LogP contribution is -2.55. The number of fused-ring (bicyclic) bond motifs is 1. The third kappa shape index (κ3) is 2.95. The van der Waals surface area contributed by atoms with Crippen molar-refractivity contribution in [2.75, 3.05) is 31.1 Å². The van der Waals surface area contributed by atoms with Crippen LogP contribution in [0, 0.1) is 6.92 Å². The Kier molecular flexibility index (Phi) is 3.96. The Balaban J connectivity index is 1.82. The lowest BCUT2D eigenvalue weighted by molar-refractivity contribution is 0.133. The van der Waals surface area contributed by atoms with Crippen molar-refractivity contribution < 1.29 is 5.21 Å². The zero-order chi connectivity index (χ0) is 14.8. The van der Waals surface area contributed by atoms with Crippen LogP contribution in [-0.4, -0.2) is 53.1 Å². The Morgan fingerprint density at radius 2 is 2.19 bits per heavy atom. The molecule has 2 aliphatic heterocycles. The fourth-order valence-electron chi connectivity index (χ4n) is 3.38. The Hall–Kier alpha value is -1.82. The molecule has 0 aliphatic carbocycles. The molecule has 0 saturated carbocycles. The van der Waals surface area contributed by atoms with Gasteiger partial charge in [-0.25, -0.2) is 4.98 Å². The summed E-state index contributed by atoms with van der Waals surface area (Å²) >= 11 is 0. The predicted octanol–water partition coefficient (Wildman–Crippen LogP) is 1.16. The number of amidine groups is 1. The topological polar surface area (TPSA) is 78.0 Å². The van der Waals surface area contributed by atoms with E-state index in [9.17, 15) is 0 Å². The highest BCUT2D eigenvalue weighted by Crippen LogP contribution is 2.24. The maximum absolute atomic E-state index is 8.86. The zero-order valence-corrected chi connectivity index (χ0v) is 12.5. The Labute approximate surface area is 125 Å². The maximum Gasteiger partial charge on any atom is 0.170 e. The highest BCUT2D eigenvalue weighted by Gasteiger charge is 2.29. The molecule has 0 radical (unpaired) electrons. The minimum absolute atomic E-state index is 0.137. The van der Waals surface area contributed by atoms with Gasteiger partial charge in [0.2, 0.25) is 0 Å². The number of hydrogen-bond acceptors (Lipinski definition) is 5. The summed E-state index contributed by atoms with van der Waals surface area (Å²) in [5, 5.41) is 11.9. The van der Waals surface area contributed by atoms with Gasteiger partial charge in [0.25, 0.3) is 0 Å². The van der Waals surface area contributed by atoms with Crippen LogP contribution < -0.4 is 10.6 Å². The van der Waals surface area contributed by atoms with Crippen LogP contribution in [0.2, 0.25) is 0 Å². The number of hydrogen-bond donors (Lipinski definition) is 2. The van der Waals surface area contributed by atoms with Gasteiger partial charge in [0.15, 0.2) is 5.84 Å². The molecule has 21 heavy (non-hydrogen) atoms. The number of nitrogens with zero attached hydrogens (tertiary/aromatic N) is 4.